The van der Waals surface area contributed by atoms with Crippen molar-refractivity contribution >= 4 is 11.8 Å². The first kappa shape index (κ1) is 17.0. The van der Waals surface area contributed by atoms with Gasteiger partial charge in [-0.15, -0.1) is 0 Å². The molecule has 0 aromatic heterocycles. The summed E-state index contributed by atoms with van der Waals surface area (Å²) in [6.07, 6.45) is 2.51. The van der Waals surface area contributed by atoms with Crippen LogP contribution in [-0.4, -0.2) is 48.6 Å². The highest BCUT2D eigenvalue weighted by Crippen LogP contribution is 2.12. The molecule has 5 heteroatoms. The Kier molecular flexibility index (Phi) is 6.99. The van der Waals surface area contributed by atoms with Gasteiger partial charge in [0.05, 0.1) is 6.10 Å². The maximum absolute atomic E-state index is 12.4. The van der Waals surface area contributed by atoms with Crippen molar-refractivity contribution in [1.82, 2.24) is 10.2 Å². The summed E-state index contributed by atoms with van der Waals surface area (Å²) in [7, 11) is 0. The van der Waals surface area contributed by atoms with Gasteiger partial charge in [-0.1, -0.05) is 13.8 Å². The van der Waals surface area contributed by atoms with Crippen molar-refractivity contribution in [3.05, 3.63) is 0 Å². The van der Waals surface area contributed by atoms with Crippen molar-refractivity contribution < 1.29 is 14.3 Å². The average molecular weight is 284 g/mol. The molecule has 5 nitrogen and oxygen atoms in total. The second-order valence-electron chi connectivity index (χ2n) is 5.99. The van der Waals surface area contributed by atoms with Crippen LogP contribution < -0.4 is 5.32 Å². The summed E-state index contributed by atoms with van der Waals surface area (Å²) in [6, 6.07) is -0.378. The Morgan fingerprint density at radius 3 is 2.55 bits per heavy atom. The molecule has 1 rings (SSSR count). The SMILES string of the molecule is CC(C)OCCCCN1CCC(=O)NC(C(C)C)C1=O. The zero-order chi connectivity index (χ0) is 15.1. The molecule has 1 atom stereocenters. The van der Waals surface area contributed by atoms with Gasteiger partial charge < -0.3 is 15.0 Å². The number of nitrogens with zero attached hydrogens (tertiary/aromatic N) is 1. The van der Waals surface area contributed by atoms with E-state index in [4.69, 9.17) is 4.74 Å². The normalized spacial score (nSPS) is 20.5. The van der Waals surface area contributed by atoms with E-state index in [1.807, 2.05) is 32.6 Å². The first-order valence-corrected chi connectivity index (χ1v) is 7.61. The number of hydrogen-bond acceptors (Lipinski definition) is 3. The fourth-order valence-electron chi connectivity index (χ4n) is 2.25. The minimum Gasteiger partial charge on any atom is -0.379 e. The zero-order valence-corrected chi connectivity index (χ0v) is 13.1. The summed E-state index contributed by atoms with van der Waals surface area (Å²) < 4.78 is 5.49. The van der Waals surface area contributed by atoms with Crippen molar-refractivity contribution in [2.24, 2.45) is 5.92 Å². The van der Waals surface area contributed by atoms with Crippen LogP contribution >= 0.6 is 0 Å². The average Bonchev–Trinajstić information content (AvgIpc) is 2.50. The Bertz CT molecular complexity index is 329. The molecule has 0 bridgehead atoms. The fraction of sp³-hybridized carbons (Fsp3) is 0.867. The van der Waals surface area contributed by atoms with E-state index in [-0.39, 0.29) is 29.9 Å². The molecule has 116 valence electrons. The molecule has 1 aliphatic rings. The van der Waals surface area contributed by atoms with Gasteiger partial charge in [0.25, 0.3) is 0 Å². The van der Waals surface area contributed by atoms with E-state index in [1.54, 1.807) is 0 Å². The quantitative estimate of drug-likeness (QED) is 0.722. The smallest absolute Gasteiger partial charge is 0.245 e. The molecule has 20 heavy (non-hydrogen) atoms. The van der Waals surface area contributed by atoms with Crippen LogP contribution in [0.3, 0.4) is 0 Å². The Balaban J connectivity index is 2.43. The Labute approximate surface area is 122 Å². The molecule has 0 saturated carbocycles. The highest BCUT2D eigenvalue weighted by molar-refractivity contribution is 5.90. The van der Waals surface area contributed by atoms with E-state index in [9.17, 15) is 9.59 Å². The van der Waals surface area contributed by atoms with Gasteiger partial charge in [0, 0.05) is 26.1 Å². The minimum absolute atomic E-state index is 0.0253. The predicted octanol–water partition coefficient (Wildman–Crippen LogP) is 1.56. The van der Waals surface area contributed by atoms with Gasteiger partial charge in [0.15, 0.2) is 0 Å². The van der Waals surface area contributed by atoms with E-state index in [1.165, 1.54) is 0 Å². The lowest BCUT2D eigenvalue weighted by Gasteiger charge is -2.26. The van der Waals surface area contributed by atoms with Crippen molar-refractivity contribution in [3.8, 4) is 0 Å². The third-order valence-corrected chi connectivity index (χ3v) is 3.44. The summed E-state index contributed by atoms with van der Waals surface area (Å²) in [5.74, 6) is 0.148. The lowest BCUT2D eigenvalue weighted by atomic mass is 10.0. The van der Waals surface area contributed by atoms with Gasteiger partial charge in [-0.25, -0.2) is 0 Å². The zero-order valence-electron chi connectivity index (χ0n) is 13.1. The Hall–Kier alpha value is -1.10. The van der Waals surface area contributed by atoms with Gasteiger partial charge >= 0.3 is 0 Å². The number of hydrogen-bond donors (Lipinski definition) is 1. The van der Waals surface area contributed by atoms with E-state index in [0.29, 0.717) is 19.5 Å². The highest BCUT2D eigenvalue weighted by Gasteiger charge is 2.31. The van der Waals surface area contributed by atoms with Gasteiger partial charge in [-0.2, -0.15) is 0 Å². The molecule has 0 radical (unpaired) electrons. The highest BCUT2D eigenvalue weighted by atomic mass is 16.5. The minimum atomic E-state index is -0.378. The van der Waals surface area contributed by atoms with Gasteiger partial charge in [0.1, 0.15) is 6.04 Å². The maximum Gasteiger partial charge on any atom is 0.245 e. The van der Waals surface area contributed by atoms with Crippen LogP contribution in [0.15, 0.2) is 0 Å². The van der Waals surface area contributed by atoms with E-state index in [0.717, 1.165) is 19.4 Å². The molecular formula is C15H28N2O3. The van der Waals surface area contributed by atoms with Crippen LogP contribution in [-0.2, 0) is 14.3 Å². The number of carbonyl (C=O) groups excluding carboxylic acids is 2. The monoisotopic (exact) mass is 284 g/mol. The summed E-state index contributed by atoms with van der Waals surface area (Å²) in [5.41, 5.74) is 0. The van der Waals surface area contributed by atoms with Crippen LogP contribution in [0.5, 0.6) is 0 Å². The van der Waals surface area contributed by atoms with Crippen molar-refractivity contribution in [2.45, 2.75) is 59.1 Å². The van der Waals surface area contributed by atoms with Crippen LogP contribution in [0, 0.1) is 5.92 Å². The van der Waals surface area contributed by atoms with Crippen LogP contribution in [0.2, 0.25) is 0 Å². The van der Waals surface area contributed by atoms with Crippen LogP contribution in [0.4, 0.5) is 0 Å². The standard InChI is InChI=1S/C15H28N2O3/c1-11(2)14-15(19)17(9-7-13(18)16-14)8-5-6-10-20-12(3)4/h11-12,14H,5-10H2,1-4H3,(H,16,18). The van der Waals surface area contributed by atoms with E-state index >= 15 is 0 Å². The number of ether oxygens (including phenoxy) is 1. The molecule has 1 fully saturated rings. The Morgan fingerprint density at radius 2 is 1.95 bits per heavy atom. The summed E-state index contributed by atoms with van der Waals surface area (Å²) >= 11 is 0. The molecule has 0 aromatic rings. The topological polar surface area (TPSA) is 58.6 Å². The molecule has 0 aromatic carbocycles. The van der Waals surface area contributed by atoms with E-state index in [2.05, 4.69) is 5.32 Å². The number of amides is 2. The molecule has 1 unspecified atom stereocenters. The van der Waals surface area contributed by atoms with Crippen LogP contribution in [0.25, 0.3) is 0 Å². The maximum atomic E-state index is 12.4. The first-order chi connectivity index (χ1) is 9.41. The molecule has 2 amide bonds. The third kappa shape index (κ3) is 5.49. The first-order valence-electron chi connectivity index (χ1n) is 7.61. The molecule has 0 aliphatic carbocycles. The number of nitrogens with one attached hydrogen (secondary N) is 1. The van der Waals surface area contributed by atoms with Crippen molar-refractivity contribution in [3.63, 3.8) is 0 Å². The lowest BCUT2D eigenvalue weighted by molar-refractivity contribution is -0.134. The predicted molar refractivity (Wildman–Crippen MR) is 78.3 cm³/mol. The number of carbonyl (C=O) groups is 2. The summed E-state index contributed by atoms with van der Waals surface area (Å²) in [6.45, 7) is 9.92. The van der Waals surface area contributed by atoms with Crippen molar-refractivity contribution in [1.29, 1.82) is 0 Å². The van der Waals surface area contributed by atoms with Crippen molar-refractivity contribution in [2.75, 3.05) is 19.7 Å². The number of rotatable bonds is 7. The molecule has 1 aliphatic heterocycles. The third-order valence-electron chi connectivity index (χ3n) is 3.44. The fourth-order valence-corrected chi connectivity index (χ4v) is 2.25. The molecule has 1 heterocycles. The summed E-state index contributed by atoms with van der Waals surface area (Å²) in [5, 5.41) is 2.82. The van der Waals surface area contributed by atoms with Gasteiger partial charge in [-0.3, -0.25) is 9.59 Å². The second-order valence-corrected chi connectivity index (χ2v) is 5.99. The molecule has 1 saturated heterocycles. The van der Waals surface area contributed by atoms with Gasteiger partial charge in [0.2, 0.25) is 11.8 Å². The summed E-state index contributed by atoms with van der Waals surface area (Å²) in [4.78, 5) is 25.8. The number of unbranched alkanes of at least 4 members (excludes halogenated alkanes) is 1. The van der Waals surface area contributed by atoms with Crippen LogP contribution in [0.1, 0.15) is 47.0 Å². The van der Waals surface area contributed by atoms with E-state index < -0.39 is 0 Å². The molecule has 1 N–H and O–H groups in total. The largest absolute Gasteiger partial charge is 0.379 e. The molecular weight excluding hydrogens is 256 g/mol. The van der Waals surface area contributed by atoms with Gasteiger partial charge in [-0.05, 0) is 32.6 Å². The second kappa shape index (κ2) is 8.25. The molecule has 0 spiro atoms. The Morgan fingerprint density at radius 1 is 1.25 bits per heavy atom. The lowest BCUT2D eigenvalue weighted by Crippen LogP contribution is -2.47.